The normalized spacial score (nSPS) is 13.7. The molecule has 12 heavy (non-hydrogen) atoms. The number of guanidine groups is 1. The molecular weight excluding hydrogens is 158 g/mol. The molecule has 0 amide bonds. The average molecular weight is 173 g/mol. The van der Waals surface area contributed by atoms with E-state index in [1.165, 1.54) is 0 Å². The van der Waals surface area contributed by atoms with Crippen LogP contribution in [0.5, 0.6) is 0 Å². The van der Waals surface area contributed by atoms with Crippen molar-refractivity contribution >= 4 is 5.96 Å². The standard InChI is InChI=1S/C7H15N3O2/c1-11-5-3-10(4-6-12-2)7-8-9-7/h3-6H2,1-2H3,(H,8,9). The van der Waals surface area contributed by atoms with Crippen molar-refractivity contribution in [1.29, 1.82) is 0 Å². The van der Waals surface area contributed by atoms with Gasteiger partial charge in [0.25, 0.3) is 0 Å². The van der Waals surface area contributed by atoms with Crippen LogP contribution in [-0.2, 0) is 9.47 Å². The Balaban J connectivity index is 2.14. The zero-order valence-electron chi connectivity index (χ0n) is 7.54. The van der Waals surface area contributed by atoms with Crippen LogP contribution in [0.4, 0.5) is 0 Å². The van der Waals surface area contributed by atoms with Crippen molar-refractivity contribution in [2.75, 3.05) is 40.5 Å². The Morgan fingerprint density at radius 3 is 2.08 bits per heavy atom. The molecule has 0 fully saturated rings. The van der Waals surface area contributed by atoms with Crippen LogP contribution in [0.25, 0.3) is 0 Å². The molecule has 0 spiro atoms. The molecule has 0 aromatic carbocycles. The van der Waals surface area contributed by atoms with Crippen LogP contribution >= 0.6 is 0 Å². The van der Waals surface area contributed by atoms with E-state index in [4.69, 9.17) is 9.47 Å². The van der Waals surface area contributed by atoms with Crippen molar-refractivity contribution in [2.45, 2.75) is 0 Å². The lowest BCUT2D eigenvalue weighted by Crippen LogP contribution is -2.34. The first-order valence-corrected chi connectivity index (χ1v) is 3.95. The largest absolute Gasteiger partial charge is 0.383 e. The van der Waals surface area contributed by atoms with Gasteiger partial charge in [0.2, 0.25) is 5.96 Å². The molecule has 0 bridgehead atoms. The fourth-order valence-corrected chi connectivity index (χ4v) is 0.893. The third-order valence-corrected chi connectivity index (χ3v) is 1.64. The molecule has 1 N–H and O–H groups in total. The molecule has 0 aliphatic carbocycles. The number of nitrogens with zero attached hydrogens (tertiary/aromatic N) is 2. The van der Waals surface area contributed by atoms with Crippen molar-refractivity contribution in [2.24, 2.45) is 5.10 Å². The van der Waals surface area contributed by atoms with Gasteiger partial charge in [-0.1, -0.05) is 0 Å². The number of nitrogens with one attached hydrogen (secondary N) is 1. The lowest BCUT2D eigenvalue weighted by Gasteiger charge is -2.17. The molecular formula is C7H15N3O2. The summed E-state index contributed by atoms with van der Waals surface area (Å²) in [7, 11) is 3.38. The summed E-state index contributed by atoms with van der Waals surface area (Å²) in [6.07, 6.45) is 0. The Morgan fingerprint density at radius 1 is 1.25 bits per heavy atom. The number of methoxy groups -OCH3 is 2. The molecule has 0 aromatic heterocycles. The highest BCUT2D eigenvalue weighted by Crippen LogP contribution is 1.97. The Bertz CT molecular complexity index is 153. The zero-order valence-corrected chi connectivity index (χ0v) is 7.54. The SMILES string of the molecule is COCCN(CCOC)C1=NN1. The number of ether oxygens (including phenoxy) is 2. The monoisotopic (exact) mass is 173 g/mol. The van der Waals surface area contributed by atoms with Gasteiger partial charge in [-0.25, -0.2) is 5.43 Å². The summed E-state index contributed by atoms with van der Waals surface area (Å²) in [5.41, 5.74) is 2.81. The minimum absolute atomic E-state index is 0.713. The first-order chi connectivity index (χ1) is 5.88. The Morgan fingerprint density at radius 2 is 1.75 bits per heavy atom. The summed E-state index contributed by atoms with van der Waals surface area (Å²) in [6, 6.07) is 0. The fraction of sp³-hybridized carbons (Fsp3) is 0.857. The molecule has 0 aromatic rings. The predicted octanol–water partition coefficient (Wildman–Crippen LogP) is -0.545. The van der Waals surface area contributed by atoms with E-state index in [9.17, 15) is 0 Å². The van der Waals surface area contributed by atoms with Gasteiger partial charge in [0.15, 0.2) is 0 Å². The van der Waals surface area contributed by atoms with E-state index in [2.05, 4.69) is 15.4 Å². The van der Waals surface area contributed by atoms with Crippen molar-refractivity contribution in [1.82, 2.24) is 10.3 Å². The summed E-state index contributed by atoms with van der Waals surface area (Å²) in [4.78, 5) is 2.09. The van der Waals surface area contributed by atoms with Crippen LogP contribution in [0.1, 0.15) is 0 Å². The minimum Gasteiger partial charge on any atom is -0.383 e. The molecule has 5 nitrogen and oxygen atoms in total. The highest BCUT2D eigenvalue weighted by Gasteiger charge is 2.17. The number of hydrazone groups is 1. The van der Waals surface area contributed by atoms with Gasteiger partial charge in [-0.05, 0) is 0 Å². The van der Waals surface area contributed by atoms with Crippen molar-refractivity contribution in [3.63, 3.8) is 0 Å². The lowest BCUT2D eigenvalue weighted by atomic mass is 10.5. The van der Waals surface area contributed by atoms with Gasteiger partial charge in [-0.2, -0.15) is 0 Å². The maximum Gasteiger partial charge on any atom is 0.237 e. The second-order valence-corrected chi connectivity index (χ2v) is 2.52. The molecule has 0 atom stereocenters. The maximum absolute atomic E-state index is 4.96. The van der Waals surface area contributed by atoms with Gasteiger partial charge in [0.1, 0.15) is 0 Å². The second-order valence-electron chi connectivity index (χ2n) is 2.52. The Labute approximate surface area is 72.3 Å². The van der Waals surface area contributed by atoms with Crippen LogP contribution in [0.2, 0.25) is 0 Å². The van der Waals surface area contributed by atoms with Gasteiger partial charge in [0, 0.05) is 27.3 Å². The Hall–Kier alpha value is -0.810. The molecule has 1 aliphatic rings. The van der Waals surface area contributed by atoms with E-state index < -0.39 is 0 Å². The first kappa shape index (κ1) is 9.28. The summed E-state index contributed by atoms with van der Waals surface area (Å²) in [5, 5.41) is 3.89. The van der Waals surface area contributed by atoms with Crippen molar-refractivity contribution in [3.05, 3.63) is 0 Å². The number of hydrogen-bond donors (Lipinski definition) is 1. The fourth-order valence-electron chi connectivity index (χ4n) is 0.893. The zero-order chi connectivity index (χ0) is 8.81. The average Bonchev–Trinajstić information content (AvgIpc) is 2.88. The second kappa shape index (κ2) is 4.95. The quantitative estimate of drug-likeness (QED) is 0.586. The molecule has 0 saturated carbocycles. The van der Waals surface area contributed by atoms with Gasteiger partial charge in [0.05, 0.1) is 13.2 Å². The molecule has 0 radical (unpaired) electrons. The molecule has 5 heteroatoms. The predicted molar refractivity (Wildman–Crippen MR) is 45.9 cm³/mol. The van der Waals surface area contributed by atoms with Crippen LogP contribution in [0.15, 0.2) is 5.10 Å². The number of hydrogen-bond acceptors (Lipinski definition) is 5. The van der Waals surface area contributed by atoms with Crippen LogP contribution in [0, 0.1) is 0 Å². The van der Waals surface area contributed by atoms with E-state index >= 15 is 0 Å². The van der Waals surface area contributed by atoms with Gasteiger partial charge < -0.3 is 14.4 Å². The summed E-state index contributed by atoms with van der Waals surface area (Å²) >= 11 is 0. The van der Waals surface area contributed by atoms with E-state index in [0.717, 1.165) is 19.0 Å². The van der Waals surface area contributed by atoms with Crippen molar-refractivity contribution in [3.8, 4) is 0 Å². The van der Waals surface area contributed by atoms with Crippen molar-refractivity contribution < 1.29 is 9.47 Å². The summed E-state index contributed by atoms with van der Waals surface area (Å²) < 4.78 is 9.93. The molecule has 0 unspecified atom stereocenters. The van der Waals surface area contributed by atoms with E-state index in [1.54, 1.807) is 14.2 Å². The molecule has 1 rings (SSSR count). The third kappa shape index (κ3) is 3.06. The smallest absolute Gasteiger partial charge is 0.237 e. The Kier molecular flexibility index (Phi) is 3.83. The van der Waals surface area contributed by atoms with Crippen LogP contribution < -0.4 is 5.43 Å². The highest BCUT2D eigenvalue weighted by molar-refractivity contribution is 5.88. The topological polar surface area (TPSA) is 56.0 Å². The highest BCUT2D eigenvalue weighted by atomic mass is 16.5. The van der Waals surface area contributed by atoms with Crippen LogP contribution in [0.3, 0.4) is 0 Å². The molecule has 1 heterocycles. The molecule has 70 valence electrons. The van der Waals surface area contributed by atoms with Gasteiger partial charge in [-0.15, -0.1) is 5.10 Å². The maximum atomic E-state index is 4.96. The lowest BCUT2D eigenvalue weighted by molar-refractivity contribution is 0.147. The molecule has 1 aliphatic heterocycles. The third-order valence-electron chi connectivity index (χ3n) is 1.64. The minimum atomic E-state index is 0.713. The van der Waals surface area contributed by atoms with E-state index in [1.807, 2.05) is 0 Å². The molecule has 0 saturated heterocycles. The summed E-state index contributed by atoms with van der Waals surface area (Å²) in [5.74, 6) is 0.934. The first-order valence-electron chi connectivity index (χ1n) is 3.95. The van der Waals surface area contributed by atoms with E-state index in [-0.39, 0.29) is 0 Å². The van der Waals surface area contributed by atoms with Crippen LogP contribution in [-0.4, -0.2) is 51.4 Å². The van der Waals surface area contributed by atoms with E-state index in [0.29, 0.717) is 13.2 Å². The summed E-state index contributed by atoms with van der Waals surface area (Å²) in [6.45, 7) is 3.13. The van der Waals surface area contributed by atoms with Gasteiger partial charge >= 0.3 is 0 Å². The number of rotatable bonds is 6. The van der Waals surface area contributed by atoms with Gasteiger partial charge in [-0.3, -0.25) is 0 Å².